The number of hydrogen-bond donors (Lipinski definition) is 1. The van der Waals surface area contributed by atoms with Crippen molar-refractivity contribution in [2.45, 2.75) is 18.3 Å². The molecule has 2 aromatic rings. The quantitative estimate of drug-likeness (QED) is 0.865. The normalized spacial score (nSPS) is 27.9. The molecule has 0 radical (unpaired) electrons. The van der Waals surface area contributed by atoms with Crippen molar-refractivity contribution < 1.29 is 19.5 Å². The molecular weight excluding hydrogens is 330 g/mol. The number of imide groups is 1. The maximum atomic E-state index is 13.1. The molecule has 2 atom stereocenters. The Morgan fingerprint density at radius 2 is 1.19 bits per heavy atom. The van der Waals surface area contributed by atoms with E-state index in [4.69, 9.17) is 5.11 Å². The minimum atomic E-state index is -1.00. The minimum Gasteiger partial charge on any atom is -0.481 e. The largest absolute Gasteiger partial charge is 0.481 e. The van der Waals surface area contributed by atoms with Crippen molar-refractivity contribution in [1.82, 2.24) is 4.90 Å². The second-order valence-corrected chi connectivity index (χ2v) is 7.24. The van der Waals surface area contributed by atoms with Crippen molar-refractivity contribution in [3.63, 3.8) is 0 Å². The van der Waals surface area contributed by atoms with E-state index in [9.17, 15) is 14.4 Å². The molecule has 4 aliphatic rings. The van der Waals surface area contributed by atoms with Crippen LogP contribution in [0.25, 0.3) is 0 Å². The predicted octanol–water partition coefficient (Wildman–Crippen LogP) is 2.35. The van der Waals surface area contributed by atoms with Crippen molar-refractivity contribution in [1.29, 1.82) is 0 Å². The molecule has 0 spiro atoms. The smallest absolute Gasteiger partial charge is 0.305 e. The van der Waals surface area contributed by atoms with Gasteiger partial charge in [0.25, 0.3) is 0 Å². The van der Waals surface area contributed by atoms with E-state index < -0.39 is 17.8 Å². The van der Waals surface area contributed by atoms with Crippen LogP contribution in [0.4, 0.5) is 0 Å². The van der Waals surface area contributed by atoms with E-state index in [1.54, 1.807) is 0 Å². The zero-order valence-corrected chi connectivity index (χ0v) is 14.0. The van der Waals surface area contributed by atoms with Crippen LogP contribution < -0.4 is 0 Å². The molecule has 1 heterocycles. The number of carboxylic acid groups (broad SMARTS) is 1. The molecule has 1 N–H and O–H groups in total. The van der Waals surface area contributed by atoms with Crippen LogP contribution in [0.2, 0.25) is 0 Å². The Hall–Kier alpha value is -2.95. The molecule has 1 fully saturated rings. The molecule has 1 aliphatic heterocycles. The van der Waals surface area contributed by atoms with Gasteiger partial charge in [0.05, 0.1) is 18.3 Å². The molecular formula is C21H17NO4. The number of aliphatic carboxylic acids is 1. The van der Waals surface area contributed by atoms with Crippen LogP contribution in [0.3, 0.4) is 0 Å². The molecule has 26 heavy (non-hydrogen) atoms. The molecule has 6 rings (SSSR count). The average molecular weight is 347 g/mol. The fourth-order valence-corrected chi connectivity index (χ4v) is 5.17. The molecule has 2 amide bonds. The van der Waals surface area contributed by atoms with E-state index in [2.05, 4.69) is 24.3 Å². The molecule has 0 aromatic heterocycles. The number of carboxylic acids is 1. The molecule has 2 bridgehead atoms. The first-order valence-corrected chi connectivity index (χ1v) is 8.84. The first-order chi connectivity index (χ1) is 12.6. The van der Waals surface area contributed by atoms with Crippen molar-refractivity contribution in [2.75, 3.05) is 6.54 Å². The summed E-state index contributed by atoms with van der Waals surface area (Å²) in [4.78, 5) is 38.3. The van der Waals surface area contributed by atoms with E-state index in [-0.39, 0.29) is 36.6 Å². The van der Waals surface area contributed by atoms with E-state index in [0.29, 0.717) is 0 Å². The minimum absolute atomic E-state index is 0.0495. The first kappa shape index (κ1) is 15.3. The highest BCUT2D eigenvalue weighted by molar-refractivity contribution is 6.07. The Balaban J connectivity index is 1.67. The lowest BCUT2D eigenvalue weighted by Crippen LogP contribution is -2.41. The number of amides is 2. The highest BCUT2D eigenvalue weighted by Gasteiger charge is 2.61. The Morgan fingerprint density at radius 3 is 1.54 bits per heavy atom. The molecule has 5 nitrogen and oxygen atoms in total. The zero-order valence-electron chi connectivity index (χ0n) is 14.0. The van der Waals surface area contributed by atoms with Crippen LogP contribution in [-0.2, 0) is 14.4 Å². The lowest BCUT2D eigenvalue weighted by Gasteiger charge is -2.45. The number of rotatable bonds is 3. The summed E-state index contributed by atoms with van der Waals surface area (Å²) in [6, 6.07) is 16.1. The van der Waals surface area contributed by atoms with E-state index >= 15 is 0 Å². The number of hydrogen-bond acceptors (Lipinski definition) is 3. The van der Waals surface area contributed by atoms with Crippen molar-refractivity contribution in [3.05, 3.63) is 70.8 Å². The van der Waals surface area contributed by atoms with Gasteiger partial charge in [-0.05, 0) is 22.3 Å². The molecule has 130 valence electrons. The summed E-state index contributed by atoms with van der Waals surface area (Å²) in [5.41, 5.74) is 4.50. The van der Waals surface area contributed by atoms with E-state index in [0.717, 1.165) is 22.3 Å². The summed E-state index contributed by atoms with van der Waals surface area (Å²) in [6.45, 7) is -0.0495. The summed E-state index contributed by atoms with van der Waals surface area (Å²) < 4.78 is 0. The van der Waals surface area contributed by atoms with Crippen molar-refractivity contribution in [3.8, 4) is 0 Å². The molecule has 3 aliphatic carbocycles. The van der Waals surface area contributed by atoms with Gasteiger partial charge in [0.1, 0.15) is 0 Å². The zero-order chi connectivity index (χ0) is 18.0. The summed E-state index contributed by atoms with van der Waals surface area (Å²) >= 11 is 0. The summed E-state index contributed by atoms with van der Waals surface area (Å²) in [6.07, 6.45) is -0.216. The van der Waals surface area contributed by atoms with Gasteiger partial charge in [-0.2, -0.15) is 0 Å². The van der Waals surface area contributed by atoms with Crippen LogP contribution in [0, 0.1) is 11.8 Å². The highest BCUT2D eigenvalue weighted by atomic mass is 16.4. The second-order valence-electron chi connectivity index (χ2n) is 7.24. The van der Waals surface area contributed by atoms with Gasteiger partial charge in [-0.15, -0.1) is 0 Å². The number of nitrogens with zero attached hydrogens (tertiary/aromatic N) is 1. The molecule has 2 aromatic carbocycles. The van der Waals surface area contributed by atoms with Gasteiger partial charge in [-0.1, -0.05) is 48.5 Å². The van der Waals surface area contributed by atoms with Gasteiger partial charge in [0, 0.05) is 18.4 Å². The third kappa shape index (κ3) is 1.83. The lowest BCUT2D eigenvalue weighted by atomic mass is 9.55. The van der Waals surface area contributed by atoms with Crippen molar-refractivity contribution in [2.24, 2.45) is 11.8 Å². The van der Waals surface area contributed by atoms with Gasteiger partial charge in [-0.3, -0.25) is 19.3 Å². The van der Waals surface area contributed by atoms with E-state index in [1.165, 1.54) is 4.90 Å². The highest BCUT2D eigenvalue weighted by Crippen LogP contribution is 2.60. The Bertz CT molecular complexity index is 850. The maximum Gasteiger partial charge on any atom is 0.305 e. The van der Waals surface area contributed by atoms with Gasteiger partial charge in [-0.25, -0.2) is 0 Å². The van der Waals surface area contributed by atoms with Gasteiger partial charge < -0.3 is 5.11 Å². The molecule has 1 saturated heterocycles. The Morgan fingerprint density at radius 1 is 0.808 bits per heavy atom. The van der Waals surface area contributed by atoms with Crippen molar-refractivity contribution >= 4 is 17.8 Å². The van der Waals surface area contributed by atoms with Gasteiger partial charge >= 0.3 is 5.97 Å². The number of likely N-dealkylation sites (tertiary alicyclic amines) is 1. The second kappa shape index (κ2) is 5.27. The van der Waals surface area contributed by atoms with Crippen LogP contribution in [0.5, 0.6) is 0 Å². The van der Waals surface area contributed by atoms with Crippen LogP contribution in [-0.4, -0.2) is 34.3 Å². The van der Waals surface area contributed by atoms with Crippen LogP contribution in [0.1, 0.15) is 40.5 Å². The lowest BCUT2D eigenvalue weighted by molar-refractivity contribution is -0.142. The molecule has 0 saturated carbocycles. The average Bonchev–Trinajstić information content (AvgIpc) is 2.91. The summed E-state index contributed by atoms with van der Waals surface area (Å²) in [5, 5.41) is 8.96. The number of benzene rings is 2. The summed E-state index contributed by atoms with van der Waals surface area (Å²) in [5.74, 6) is -2.57. The fourth-order valence-electron chi connectivity index (χ4n) is 5.17. The maximum absolute atomic E-state index is 13.1. The molecule has 0 unspecified atom stereocenters. The van der Waals surface area contributed by atoms with Crippen LogP contribution >= 0.6 is 0 Å². The van der Waals surface area contributed by atoms with Gasteiger partial charge in [0.2, 0.25) is 11.8 Å². The number of carbonyl (C=O) groups excluding carboxylic acids is 2. The third-order valence-corrected chi connectivity index (χ3v) is 6.09. The monoisotopic (exact) mass is 347 g/mol. The third-order valence-electron chi connectivity index (χ3n) is 6.09. The van der Waals surface area contributed by atoms with Crippen LogP contribution in [0.15, 0.2) is 48.5 Å². The standard InChI is InChI=1S/C21H17NO4/c23-15(24)9-10-22-20(25)18-16-11-5-1-2-6-12(11)17(19(18)21(22)26)14-8-4-3-7-13(14)16/h1-8,16-19H,9-10H2,(H,23,24)/t16?,17?,18-,19-/m1/s1. The fraction of sp³-hybridized carbons (Fsp3) is 0.286. The topological polar surface area (TPSA) is 74.7 Å². The Labute approximate surface area is 150 Å². The number of carbonyl (C=O) groups is 3. The Kier molecular flexibility index (Phi) is 3.11. The van der Waals surface area contributed by atoms with Gasteiger partial charge in [0.15, 0.2) is 0 Å². The van der Waals surface area contributed by atoms with E-state index in [1.807, 2.05) is 24.3 Å². The first-order valence-electron chi connectivity index (χ1n) is 8.84. The SMILES string of the molecule is O=C(O)CCN1C(=O)[C@@H]2C3c4ccccc4C(c4ccccc43)[C@H]2C1=O. The summed E-state index contributed by atoms with van der Waals surface area (Å²) in [7, 11) is 0. The predicted molar refractivity (Wildman–Crippen MR) is 92.5 cm³/mol. The molecule has 5 heteroatoms.